The van der Waals surface area contributed by atoms with Crippen molar-refractivity contribution in [3.05, 3.63) is 64.1 Å². The molecule has 2 aromatic rings. The van der Waals surface area contributed by atoms with E-state index >= 15 is 0 Å². The molecule has 1 N–H and O–H groups in total. The van der Waals surface area contributed by atoms with Crippen LogP contribution in [0.25, 0.3) is 0 Å². The van der Waals surface area contributed by atoms with Crippen LogP contribution in [0.2, 0.25) is 0 Å². The highest BCUT2D eigenvalue weighted by Gasteiger charge is 2.23. The van der Waals surface area contributed by atoms with Crippen LogP contribution in [0.5, 0.6) is 5.75 Å². The molecule has 1 fully saturated rings. The van der Waals surface area contributed by atoms with Crippen LogP contribution in [-0.4, -0.2) is 49.6 Å². The Hall–Kier alpha value is -2.38. The van der Waals surface area contributed by atoms with Crippen molar-refractivity contribution in [1.29, 1.82) is 0 Å². The summed E-state index contributed by atoms with van der Waals surface area (Å²) in [4.78, 5) is 27.0. The molecule has 0 aromatic heterocycles. The monoisotopic (exact) mass is 474 g/mol. The zero-order chi connectivity index (χ0) is 21.3. The number of rotatable bonds is 9. The summed E-state index contributed by atoms with van der Waals surface area (Å²) in [5.41, 5.74) is 1.57. The molecule has 0 spiro atoms. The van der Waals surface area contributed by atoms with E-state index in [0.717, 1.165) is 35.2 Å². The predicted octanol–water partition coefficient (Wildman–Crippen LogP) is 3.79. The number of nitrogens with zero attached hydrogens (tertiary/aromatic N) is 1. The molecule has 0 bridgehead atoms. The van der Waals surface area contributed by atoms with Crippen LogP contribution in [-0.2, 0) is 16.1 Å². The number of ether oxygens (including phenoxy) is 2. The lowest BCUT2D eigenvalue weighted by Crippen LogP contribution is -2.38. The lowest BCUT2D eigenvalue weighted by Gasteiger charge is -2.26. The van der Waals surface area contributed by atoms with Crippen molar-refractivity contribution < 1.29 is 19.1 Å². The van der Waals surface area contributed by atoms with Gasteiger partial charge in [-0.25, -0.2) is 0 Å². The molecule has 30 heavy (non-hydrogen) atoms. The molecule has 0 aliphatic carbocycles. The van der Waals surface area contributed by atoms with Crippen LogP contribution < -0.4 is 10.1 Å². The number of carbonyl (C=O) groups excluding carboxylic acids is 2. The lowest BCUT2D eigenvalue weighted by atomic mass is 10.1. The number of carbonyl (C=O) groups is 2. The van der Waals surface area contributed by atoms with Crippen LogP contribution in [0.1, 0.15) is 35.2 Å². The van der Waals surface area contributed by atoms with Gasteiger partial charge in [0.2, 0.25) is 5.91 Å². The van der Waals surface area contributed by atoms with Crippen molar-refractivity contribution in [2.24, 2.45) is 0 Å². The predicted molar refractivity (Wildman–Crippen MR) is 118 cm³/mol. The van der Waals surface area contributed by atoms with Crippen molar-refractivity contribution in [3.8, 4) is 5.75 Å². The first-order chi connectivity index (χ1) is 14.5. The minimum absolute atomic E-state index is 0.00979. The normalized spacial score (nSPS) is 15.6. The van der Waals surface area contributed by atoms with Gasteiger partial charge in [0.1, 0.15) is 5.75 Å². The van der Waals surface area contributed by atoms with Gasteiger partial charge in [0.05, 0.1) is 13.2 Å². The molecular weight excluding hydrogens is 448 g/mol. The Morgan fingerprint density at radius 3 is 2.73 bits per heavy atom. The van der Waals surface area contributed by atoms with Gasteiger partial charge in [0.15, 0.2) is 0 Å². The molecule has 1 aliphatic heterocycles. The van der Waals surface area contributed by atoms with Gasteiger partial charge >= 0.3 is 0 Å². The van der Waals surface area contributed by atoms with Crippen LogP contribution in [0.15, 0.2) is 53.0 Å². The summed E-state index contributed by atoms with van der Waals surface area (Å²) in [5, 5.41) is 2.83. The van der Waals surface area contributed by atoms with Gasteiger partial charge in [-0.2, -0.15) is 0 Å². The molecule has 2 aromatic carbocycles. The van der Waals surface area contributed by atoms with E-state index in [0.29, 0.717) is 18.7 Å². The standard InChI is InChI=1S/C23H27BrN2O4/c1-29-20-5-2-4-17(14-20)15-26(16-21-6-3-13-30-21)22(27)11-12-25-23(28)18-7-9-19(24)10-8-18/h2,4-5,7-10,14,21H,3,6,11-13,15-16H2,1H3,(H,25,28). The molecule has 0 radical (unpaired) electrons. The summed E-state index contributed by atoms with van der Waals surface area (Å²) in [5.74, 6) is 0.567. The first-order valence-corrected chi connectivity index (χ1v) is 10.9. The average Bonchev–Trinajstić information content (AvgIpc) is 3.27. The SMILES string of the molecule is COc1cccc(CN(CC2CCCO2)C(=O)CCNC(=O)c2ccc(Br)cc2)c1. The Morgan fingerprint density at radius 2 is 2.03 bits per heavy atom. The minimum atomic E-state index is -0.186. The number of amides is 2. The molecular formula is C23H27BrN2O4. The fraction of sp³-hybridized carbons (Fsp3) is 0.391. The van der Waals surface area contributed by atoms with Gasteiger partial charge in [0.25, 0.3) is 5.91 Å². The van der Waals surface area contributed by atoms with E-state index in [1.807, 2.05) is 41.3 Å². The van der Waals surface area contributed by atoms with Crippen LogP contribution in [0, 0.1) is 0 Å². The van der Waals surface area contributed by atoms with Crippen molar-refractivity contribution in [2.45, 2.75) is 31.9 Å². The van der Waals surface area contributed by atoms with E-state index in [9.17, 15) is 9.59 Å². The van der Waals surface area contributed by atoms with Crippen molar-refractivity contribution >= 4 is 27.7 Å². The number of hydrogen-bond donors (Lipinski definition) is 1. The maximum atomic E-state index is 12.9. The molecule has 1 saturated heterocycles. The van der Waals surface area contributed by atoms with E-state index in [-0.39, 0.29) is 30.9 Å². The maximum Gasteiger partial charge on any atom is 0.251 e. The molecule has 160 valence electrons. The zero-order valence-corrected chi connectivity index (χ0v) is 18.7. The van der Waals surface area contributed by atoms with Crippen molar-refractivity contribution in [1.82, 2.24) is 10.2 Å². The Bertz CT molecular complexity index is 851. The fourth-order valence-electron chi connectivity index (χ4n) is 3.42. The van der Waals surface area contributed by atoms with Gasteiger partial charge in [-0.15, -0.1) is 0 Å². The third-order valence-corrected chi connectivity index (χ3v) is 5.57. The molecule has 1 aliphatic rings. The number of benzene rings is 2. The molecule has 3 rings (SSSR count). The number of methoxy groups -OCH3 is 1. The summed E-state index contributed by atoms with van der Waals surface area (Å²) in [7, 11) is 1.63. The van der Waals surface area contributed by atoms with E-state index in [4.69, 9.17) is 9.47 Å². The third-order valence-electron chi connectivity index (χ3n) is 5.04. The summed E-state index contributed by atoms with van der Waals surface area (Å²) in [6.07, 6.45) is 2.29. The lowest BCUT2D eigenvalue weighted by molar-refractivity contribution is -0.133. The van der Waals surface area contributed by atoms with Crippen LogP contribution in [0.3, 0.4) is 0 Å². The third kappa shape index (κ3) is 6.57. The number of hydrogen-bond acceptors (Lipinski definition) is 4. The second-order valence-electron chi connectivity index (χ2n) is 7.27. The Balaban J connectivity index is 1.57. The molecule has 1 atom stereocenters. The Labute approximate surface area is 185 Å². The summed E-state index contributed by atoms with van der Waals surface area (Å²) in [6, 6.07) is 14.8. The first kappa shape index (κ1) is 22.3. The Kier molecular flexibility index (Phi) is 8.28. The average molecular weight is 475 g/mol. The highest BCUT2D eigenvalue weighted by Crippen LogP contribution is 2.18. The summed E-state index contributed by atoms with van der Waals surface area (Å²) in [6.45, 7) is 2.07. The molecule has 7 heteroatoms. The number of halogens is 1. The molecule has 6 nitrogen and oxygen atoms in total. The van der Waals surface area contributed by atoms with Crippen molar-refractivity contribution in [3.63, 3.8) is 0 Å². The van der Waals surface area contributed by atoms with Crippen molar-refractivity contribution in [2.75, 3.05) is 26.8 Å². The van der Waals surface area contributed by atoms with E-state index in [1.54, 1.807) is 19.2 Å². The maximum absolute atomic E-state index is 12.9. The van der Waals surface area contributed by atoms with Gasteiger partial charge in [-0.05, 0) is 54.8 Å². The molecule has 1 unspecified atom stereocenters. The van der Waals surface area contributed by atoms with Gasteiger partial charge < -0.3 is 19.7 Å². The summed E-state index contributed by atoms with van der Waals surface area (Å²) >= 11 is 3.35. The minimum Gasteiger partial charge on any atom is -0.497 e. The van der Waals surface area contributed by atoms with E-state index < -0.39 is 0 Å². The Morgan fingerprint density at radius 1 is 1.23 bits per heavy atom. The summed E-state index contributed by atoms with van der Waals surface area (Å²) < 4.78 is 11.9. The van der Waals surface area contributed by atoms with E-state index in [1.165, 1.54) is 0 Å². The number of nitrogens with one attached hydrogen (secondary N) is 1. The second-order valence-corrected chi connectivity index (χ2v) is 8.19. The molecule has 1 heterocycles. The van der Waals surface area contributed by atoms with Crippen LogP contribution >= 0.6 is 15.9 Å². The highest BCUT2D eigenvalue weighted by molar-refractivity contribution is 9.10. The second kappa shape index (κ2) is 11.1. The molecule has 0 saturated carbocycles. The topological polar surface area (TPSA) is 67.9 Å². The van der Waals surface area contributed by atoms with E-state index in [2.05, 4.69) is 21.2 Å². The van der Waals surface area contributed by atoms with Gasteiger partial charge in [-0.1, -0.05) is 28.1 Å². The zero-order valence-electron chi connectivity index (χ0n) is 17.1. The largest absolute Gasteiger partial charge is 0.497 e. The van der Waals surface area contributed by atoms with Crippen LogP contribution in [0.4, 0.5) is 0 Å². The first-order valence-electron chi connectivity index (χ1n) is 10.1. The van der Waals surface area contributed by atoms with Gasteiger partial charge in [0, 0.05) is 42.7 Å². The smallest absolute Gasteiger partial charge is 0.251 e. The van der Waals surface area contributed by atoms with Gasteiger partial charge in [-0.3, -0.25) is 9.59 Å². The fourth-order valence-corrected chi connectivity index (χ4v) is 3.69. The molecule has 2 amide bonds. The highest BCUT2D eigenvalue weighted by atomic mass is 79.9. The quantitative estimate of drug-likeness (QED) is 0.600.